The van der Waals surface area contributed by atoms with Gasteiger partial charge in [-0.2, -0.15) is 0 Å². The van der Waals surface area contributed by atoms with Gasteiger partial charge in [0.2, 0.25) is 5.01 Å². The molecule has 2 rings (SSSR count). The fourth-order valence-electron chi connectivity index (χ4n) is 1.75. The molecular formula is C15H17NO3S. The number of carbonyl (C=O) groups excluding carboxylic acids is 1. The summed E-state index contributed by atoms with van der Waals surface area (Å²) in [5.74, 6) is -0.361. The number of aromatic nitrogens is 1. The summed E-state index contributed by atoms with van der Waals surface area (Å²) in [5.41, 5.74) is 3.02. The van der Waals surface area contributed by atoms with Crippen molar-refractivity contribution in [3.8, 4) is 11.3 Å². The van der Waals surface area contributed by atoms with Crippen LogP contribution in [-0.2, 0) is 15.9 Å². The van der Waals surface area contributed by atoms with Crippen LogP contribution in [0.2, 0.25) is 0 Å². The van der Waals surface area contributed by atoms with Gasteiger partial charge in [-0.05, 0) is 18.9 Å². The zero-order valence-corrected chi connectivity index (χ0v) is 12.4. The summed E-state index contributed by atoms with van der Waals surface area (Å²) in [6, 6.07) is 8.12. The molecule has 0 unspecified atom stereocenters. The number of esters is 1. The Balaban J connectivity index is 2.09. The number of thiazole rings is 1. The second-order valence-electron chi connectivity index (χ2n) is 4.20. The molecule has 0 radical (unpaired) electrons. The van der Waals surface area contributed by atoms with E-state index in [1.54, 1.807) is 14.0 Å². The maximum absolute atomic E-state index is 11.6. The van der Waals surface area contributed by atoms with Crippen LogP contribution in [0.1, 0.15) is 22.3 Å². The van der Waals surface area contributed by atoms with Crippen molar-refractivity contribution in [3.63, 3.8) is 0 Å². The molecule has 0 saturated heterocycles. The van der Waals surface area contributed by atoms with Crippen LogP contribution in [0.25, 0.3) is 11.3 Å². The van der Waals surface area contributed by atoms with Crippen LogP contribution >= 0.6 is 11.3 Å². The Morgan fingerprint density at radius 2 is 2.05 bits per heavy atom. The summed E-state index contributed by atoms with van der Waals surface area (Å²) in [4.78, 5) is 15.9. The lowest BCUT2D eigenvalue weighted by atomic mass is 10.1. The smallest absolute Gasteiger partial charge is 0.367 e. The second-order valence-corrected chi connectivity index (χ2v) is 5.06. The third kappa shape index (κ3) is 3.65. The predicted octanol–water partition coefficient (Wildman–Crippen LogP) is 3.18. The van der Waals surface area contributed by atoms with Crippen molar-refractivity contribution in [2.24, 2.45) is 0 Å². The van der Waals surface area contributed by atoms with E-state index in [2.05, 4.69) is 17.1 Å². The molecular weight excluding hydrogens is 274 g/mol. The number of hydrogen-bond acceptors (Lipinski definition) is 5. The van der Waals surface area contributed by atoms with E-state index in [0.29, 0.717) is 18.2 Å². The van der Waals surface area contributed by atoms with Gasteiger partial charge < -0.3 is 9.47 Å². The molecule has 0 bridgehead atoms. The second kappa shape index (κ2) is 7.17. The summed E-state index contributed by atoms with van der Waals surface area (Å²) in [6.07, 6.45) is 0.891. The van der Waals surface area contributed by atoms with Crippen molar-refractivity contribution in [2.75, 3.05) is 20.3 Å². The molecule has 20 heavy (non-hydrogen) atoms. The van der Waals surface area contributed by atoms with Gasteiger partial charge in [-0.25, -0.2) is 9.78 Å². The molecule has 0 spiro atoms. The van der Waals surface area contributed by atoms with E-state index in [1.165, 1.54) is 16.9 Å². The number of ether oxygens (including phenoxy) is 2. The molecule has 0 N–H and O–H groups in total. The number of methoxy groups -OCH3 is 1. The largest absolute Gasteiger partial charge is 0.461 e. The first-order valence-corrected chi connectivity index (χ1v) is 7.33. The molecule has 5 heteroatoms. The molecule has 0 aliphatic carbocycles. The average Bonchev–Trinajstić information content (AvgIpc) is 2.96. The molecule has 0 amide bonds. The minimum Gasteiger partial charge on any atom is -0.461 e. The molecule has 0 saturated carbocycles. The highest BCUT2D eigenvalue weighted by Crippen LogP contribution is 2.23. The normalized spacial score (nSPS) is 10.5. The van der Waals surface area contributed by atoms with E-state index in [9.17, 15) is 4.79 Å². The maximum Gasteiger partial charge on any atom is 0.367 e. The van der Waals surface area contributed by atoms with Gasteiger partial charge in [-0.1, -0.05) is 24.3 Å². The van der Waals surface area contributed by atoms with Crippen LogP contribution in [0.3, 0.4) is 0 Å². The number of nitrogens with zero attached hydrogens (tertiary/aromatic N) is 1. The summed E-state index contributed by atoms with van der Waals surface area (Å²) in [6.45, 7) is 2.86. The van der Waals surface area contributed by atoms with E-state index in [1.807, 2.05) is 17.5 Å². The van der Waals surface area contributed by atoms with Crippen molar-refractivity contribution in [1.29, 1.82) is 0 Å². The van der Waals surface area contributed by atoms with Crippen LogP contribution in [0.5, 0.6) is 0 Å². The Kier molecular flexibility index (Phi) is 5.26. The van der Waals surface area contributed by atoms with Crippen molar-refractivity contribution in [2.45, 2.75) is 13.3 Å². The fraction of sp³-hybridized carbons (Fsp3) is 0.333. The van der Waals surface area contributed by atoms with E-state index >= 15 is 0 Å². The lowest BCUT2D eigenvalue weighted by molar-refractivity contribution is 0.0526. The number of hydrogen-bond donors (Lipinski definition) is 0. The fourth-order valence-corrected chi connectivity index (χ4v) is 2.47. The molecule has 4 nitrogen and oxygen atoms in total. The minimum atomic E-state index is -0.361. The molecule has 0 aliphatic rings. The Morgan fingerprint density at radius 1 is 1.30 bits per heavy atom. The van der Waals surface area contributed by atoms with E-state index in [0.717, 1.165) is 17.7 Å². The summed E-state index contributed by atoms with van der Waals surface area (Å²) < 4.78 is 9.99. The summed E-state index contributed by atoms with van der Waals surface area (Å²) in [7, 11) is 1.69. The van der Waals surface area contributed by atoms with Crippen molar-refractivity contribution in [3.05, 3.63) is 40.2 Å². The molecule has 0 fully saturated rings. The highest BCUT2D eigenvalue weighted by Gasteiger charge is 2.12. The first-order chi connectivity index (χ1) is 9.74. The standard InChI is InChI=1S/C15H17NO3S/c1-3-19-15(17)14-16-13(10-20-14)12-6-4-11(5-7-12)8-9-18-2/h4-7,10H,3,8-9H2,1-2H3. The predicted molar refractivity (Wildman–Crippen MR) is 79.1 cm³/mol. The van der Waals surface area contributed by atoms with Crippen LogP contribution in [0, 0.1) is 0 Å². The Hall–Kier alpha value is -1.72. The van der Waals surface area contributed by atoms with Gasteiger partial charge in [0.05, 0.1) is 18.9 Å². The summed E-state index contributed by atoms with van der Waals surface area (Å²) >= 11 is 1.30. The van der Waals surface area contributed by atoms with Gasteiger partial charge in [0.25, 0.3) is 0 Å². The van der Waals surface area contributed by atoms with Gasteiger partial charge in [0.15, 0.2) is 0 Å². The first-order valence-electron chi connectivity index (χ1n) is 6.45. The zero-order valence-electron chi connectivity index (χ0n) is 11.6. The van der Waals surface area contributed by atoms with E-state index < -0.39 is 0 Å². The van der Waals surface area contributed by atoms with Gasteiger partial charge in [0, 0.05) is 18.1 Å². The monoisotopic (exact) mass is 291 g/mol. The zero-order chi connectivity index (χ0) is 14.4. The van der Waals surface area contributed by atoms with E-state index in [4.69, 9.17) is 9.47 Å². The lowest BCUT2D eigenvalue weighted by Crippen LogP contribution is -2.03. The minimum absolute atomic E-state index is 0.361. The number of carbonyl (C=O) groups is 1. The Bertz CT molecular complexity index is 563. The number of benzene rings is 1. The SMILES string of the molecule is CCOC(=O)c1nc(-c2ccc(CCOC)cc2)cs1. The van der Waals surface area contributed by atoms with Gasteiger partial charge >= 0.3 is 5.97 Å². The van der Waals surface area contributed by atoms with E-state index in [-0.39, 0.29) is 5.97 Å². The topological polar surface area (TPSA) is 48.4 Å². The molecule has 106 valence electrons. The van der Waals surface area contributed by atoms with Crippen LogP contribution in [0.15, 0.2) is 29.6 Å². The van der Waals surface area contributed by atoms with Gasteiger partial charge in [-0.3, -0.25) is 0 Å². The Labute approximate surface area is 122 Å². The van der Waals surface area contributed by atoms with Crippen LogP contribution in [0.4, 0.5) is 0 Å². The van der Waals surface area contributed by atoms with Crippen molar-refractivity contribution in [1.82, 2.24) is 4.98 Å². The maximum atomic E-state index is 11.6. The molecule has 2 aromatic rings. The molecule has 1 aromatic carbocycles. The highest BCUT2D eigenvalue weighted by atomic mass is 32.1. The van der Waals surface area contributed by atoms with Crippen molar-refractivity contribution >= 4 is 17.3 Å². The van der Waals surface area contributed by atoms with Gasteiger partial charge in [-0.15, -0.1) is 11.3 Å². The quantitative estimate of drug-likeness (QED) is 0.767. The third-order valence-corrected chi connectivity index (χ3v) is 3.62. The average molecular weight is 291 g/mol. The van der Waals surface area contributed by atoms with Crippen LogP contribution < -0.4 is 0 Å². The molecule has 1 heterocycles. The highest BCUT2D eigenvalue weighted by molar-refractivity contribution is 7.11. The van der Waals surface area contributed by atoms with Crippen molar-refractivity contribution < 1.29 is 14.3 Å². The number of rotatable bonds is 6. The summed E-state index contributed by atoms with van der Waals surface area (Å²) in [5, 5.41) is 2.27. The lowest BCUT2D eigenvalue weighted by Gasteiger charge is -2.02. The molecule has 0 atom stereocenters. The third-order valence-electron chi connectivity index (χ3n) is 2.80. The Morgan fingerprint density at radius 3 is 2.70 bits per heavy atom. The molecule has 1 aromatic heterocycles. The molecule has 0 aliphatic heterocycles. The van der Waals surface area contributed by atoms with Crippen LogP contribution in [-0.4, -0.2) is 31.3 Å². The first kappa shape index (κ1) is 14.7. The van der Waals surface area contributed by atoms with Gasteiger partial charge in [0.1, 0.15) is 0 Å².